The van der Waals surface area contributed by atoms with Gasteiger partial charge in [-0.1, -0.05) is 32.0 Å². The lowest BCUT2D eigenvalue weighted by atomic mass is 9.91. The van der Waals surface area contributed by atoms with Gasteiger partial charge in [0, 0.05) is 12.8 Å². The SMILES string of the molecule is CCc1cccc(CC)c1CC(=O)Cc1cc(C(F)(F)F)cc(C(F)(F)F)c1. The number of halogens is 6. The first-order valence-corrected chi connectivity index (χ1v) is 8.85. The topological polar surface area (TPSA) is 17.1 Å². The Morgan fingerprint density at radius 2 is 1.25 bits per heavy atom. The van der Waals surface area contributed by atoms with Gasteiger partial charge in [0.05, 0.1) is 11.1 Å². The van der Waals surface area contributed by atoms with Crippen LogP contribution in [0.3, 0.4) is 0 Å². The normalized spacial score (nSPS) is 12.3. The average molecular weight is 402 g/mol. The third-order valence-corrected chi connectivity index (χ3v) is 4.55. The average Bonchev–Trinajstić information content (AvgIpc) is 2.60. The number of hydrogen-bond donors (Lipinski definition) is 0. The highest BCUT2D eigenvalue weighted by atomic mass is 19.4. The summed E-state index contributed by atoms with van der Waals surface area (Å²) >= 11 is 0. The Labute approximate surface area is 159 Å². The molecule has 0 saturated carbocycles. The summed E-state index contributed by atoms with van der Waals surface area (Å²) in [5, 5.41) is 0. The first kappa shape index (κ1) is 22.0. The second-order valence-electron chi connectivity index (χ2n) is 6.57. The fourth-order valence-electron chi connectivity index (χ4n) is 3.19. The van der Waals surface area contributed by atoms with Gasteiger partial charge >= 0.3 is 12.4 Å². The summed E-state index contributed by atoms with van der Waals surface area (Å²) in [5.41, 5.74) is -0.401. The zero-order chi connectivity index (χ0) is 21.1. The molecule has 0 radical (unpaired) electrons. The number of alkyl halides is 6. The first-order valence-electron chi connectivity index (χ1n) is 8.85. The molecule has 2 aromatic carbocycles. The minimum absolute atomic E-state index is 0.0230. The van der Waals surface area contributed by atoms with Crippen LogP contribution in [-0.2, 0) is 42.8 Å². The molecule has 1 nitrogen and oxygen atoms in total. The lowest BCUT2D eigenvalue weighted by molar-refractivity contribution is -0.143. The molecule has 2 rings (SSSR count). The van der Waals surface area contributed by atoms with Gasteiger partial charge in [0.25, 0.3) is 0 Å². The van der Waals surface area contributed by atoms with E-state index in [1.807, 2.05) is 32.0 Å². The molecule has 0 aromatic heterocycles. The van der Waals surface area contributed by atoms with Gasteiger partial charge in [0.15, 0.2) is 0 Å². The van der Waals surface area contributed by atoms with Crippen LogP contribution in [0, 0.1) is 0 Å². The van der Waals surface area contributed by atoms with Crippen LogP contribution in [-0.4, -0.2) is 5.78 Å². The molecule has 0 heterocycles. The van der Waals surface area contributed by atoms with Crippen LogP contribution in [0.2, 0.25) is 0 Å². The number of benzene rings is 2. The van der Waals surface area contributed by atoms with Gasteiger partial charge in [-0.25, -0.2) is 0 Å². The van der Waals surface area contributed by atoms with Crippen molar-refractivity contribution in [3.05, 3.63) is 69.8 Å². The van der Waals surface area contributed by atoms with Crippen LogP contribution in [0.5, 0.6) is 0 Å². The Kier molecular flexibility index (Phi) is 6.57. The Bertz CT molecular complexity index is 794. The fraction of sp³-hybridized carbons (Fsp3) is 0.381. The van der Waals surface area contributed by atoms with Gasteiger partial charge in [-0.05, 0) is 53.3 Å². The molecule has 0 spiro atoms. The molecular weight excluding hydrogens is 382 g/mol. The summed E-state index contributed by atoms with van der Waals surface area (Å²) < 4.78 is 77.8. The van der Waals surface area contributed by atoms with E-state index >= 15 is 0 Å². The Hall–Kier alpha value is -2.31. The third-order valence-electron chi connectivity index (χ3n) is 4.55. The van der Waals surface area contributed by atoms with E-state index in [4.69, 9.17) is 0 Å². The van der Waals surface area contributed by atoms with Crippen molar-refractivity contribution in [2.24, 2.45) is 0 Å². The maximum Gasteiger partial charge on any atom is 0.416 e. The van der Waals surface area contributed by atoms with Crippen LogP contribution in [0.25, 0.3) is 0 Å². The van der Waals surface area contributed by atoms with Crippen molar-refractivity contribution < 1.29 is 31.1 Å². The van der Waals surface area contributed by atoms with Crippen molar-refractivity contribution in [1.82, 2.24) is 0 Å². The van der Waals surface area contributed by atoms with E-state index < -0.39 is 35.7 Å². The van der Waals surface area contributed by atoms with E-state index in [-0.39, 0.29) is 18.1 Å². The van der Waals surface area contributed by atoms with E-state index in [0.29, 0.717) is 25.0 Å². The molecule has 152 valence electrons. The van der Waals surface area contributed by atoms with Crippen molar-refractivity contribution in [1.29, 1.82) is 0 Å². The molecule has 0 bridgehead atoms. The van der Waals surface area contributed by atoms with Crippen molar-refractivity contribution >= 4 is 5.78 Å². The number of rotatable bonds is 6. The molecule has 0 saturated heterocycles. The van der Waals surface area contributed by atoms with Crippen molar-refractivity contribution in [2.45, 2.75) is 51.9 Å². The van der Waals surface area contributed by atoms with Gasteiger partial charge in [0.1, 0.15) is 5.78 Å². The minimum Gasteiger partial charge on any atom is -0.299 e. The summed E-state index contributed by atoms with van der Waals surface area (Å²) in [6.45, 7) is 3.84. The summed E-state index contributed by atoms with van der Waals surface area (Å²) in [6.07, 6.45) is -9.01. The highest BCUT2D eigenvalue weighted by Gasteiger charge is 2.37. The van der Waals surface area contributed by atoms with Crippen LogP contribution < -0.4 is 0 Å². The second kappa shape index (κ2) is 8.37. The highest BCUT2D eigenvalue weighted by Crippen LogP contribution is 2.36. The maximum absolute atomic E-state index is 13.0. The molecule has 0 amide bonds. The minimum atomic E-state index is -4.93. The van der Waals surface area contributed by atoms with Crippen LogP contribution in [0.15, 0.2) is 36.4 Å². The zero-order valence-electron chi connectivity index (χ0n) is 15.5. The van der Waals surface area contributed by atoms with E-state index in [9.17, 15) is 31.1 Å². The number of carbonyl (C=O) groups is 1. The molecule has 0 N–H and O–H groups in total. The summed E-state index contributed by atoms with van der Waals surface area (Å²) in [6, 6.07) is 6.89. The van der Waals surface area contributed by atoms with Crippen molar-refractivity contribution in [3.63, 3.8) is 0 Å². The molecular formula is C21H20F6O. The van der Waals surface area contributed by atoms with Crippen molar-refractivity contribution in [3.8, 4) is 0 Å². The van der Waals surface area contributed by atoms with Crippen molar-refractivity contribution in [2.75, 3.05) is 0 Å². The smallest absolute Gasteiger partial charge is 0.299 e. The zero-order valence-corrected chi connectivity index (χ0v) is 15.5. The molecule has 0 atom stereocenters. The largest absolute Gasteiger partial charge is 0.416 e. The predicted molar refractivity (Wildman–Crippen MR) is 94.1 cm³/mol. The van der Waals surface area contributed by atoms with Gasteiger partial charge in [-0.2, -0.15) is 26.3 Å². The number of ketones is 1. The Balaban J connectivity index is 2.34. The number of aryl methyl sites for hydroxylation is 2. The second-order valence-corrected chi connectivity index (χ2v) is 6.57. The maximum atomic E-state index is 13.0. The molecule has 0 aliphatic rings. The number of hydrogen-bond acceptors (Lipinski definition) is 1. The number of Topliss-reactive ketones (excluding diaryl/α,β-unsaturated/α-hetero) is 1. The molecule has 0 fully saturated rings. The first-order chi connectivity index (χ1) is 13.0. The molecule has 7 heteroatoms. The predicted octanol–water partition coefficient (Wildman–Crippen LogP) is 6.20. The monoisotopic (exact) mass is 402 g/mol. The summed E-state index contributed by atoms with van der Waals surface area (Å²) in [4.78, 5) is 12.5. The lowest BCUT2D eigenvalue weighted by Gasteiger charge is -2.15. The van der Waals surface area contributed by atoms with E-state index in [0.717, 1.165) is 16.7 Å². The van der Waals surface area contributed by atoms with E-state index in [1.165, 1.54) is 0 Å². The molecule has 0 aliphatic heterocycles. The van der Waals surface area contributed by atoms with Crippen LogP contribution in [0.4, 0.5) is 26.3 Å². The summed E-state index contributed by atoms with van der Waals surface area (Å²) in [5.74, 6) is -0.428. The van der Waals surface area contributed by atoms with Crippen LogP contribution in [0.1, 0.15) is 47.2 Å². The fourth-order valence-corrected chi connectivity index (χ4v) is 3.19. The molecule has 0 unspecified atom stereocenters. The van der Waals surface area contributed by atoms with Gasteiger partial charge in [0.2, 0.25) is 0 Å². The number of carbonyl (C=O) groups excluding carboxylic acids is 1. The van der Waals surface area contributed by atoms with Gasteiger partial charge < -0.3 is 0 Å². The Morgan fingerprint density at radius 3 is 1.64 bits per heavy atom. The van der Waals surface area contributed by atoms with E-state index in [2.05, 4.69) is 0 Å². The third kappa shape index (κ3) is 5.36. The molecule has 2 aromatic rings. The molecule has 28 heavy (non-hydrogen) atoms. The van der Waals surface area contributed by atoms with E-state index in [1.54, 1.807) is 0 Å². The summed E-state index contributed by atoms with van der Waals surface area (Å²) in [7, 11) is 0. The standard InChI is InChI=1S/C21H20F6O/c1-3-14-6-5-7-15(4-2)19(14)12-18(28)10-13-8-16(20(22,23)24)11-17(9-13)21(25,26)27/h5-9,11H,3-4,10,12H2,1-2H3. The lowest BCUT2D eigenvalue weighted by Crippen LogP contribution is -2.14. The van der Waals surface area contributed by atoms with Gasteiger partial charge in [-0.3, -0.25) is 4.79 Å². The molecule has 0 aliphatic carbocycles. The highest BCUT2D eigenvalue weighted by molar-refractivity contribution is 5.84. The quantitative estimate of drug-likeness (QED) is 0.526. The Morgan fingerprint density at radius 1 is 0.786 bits per heavy atom. The van der Waals surface area contributed by atoms with Gasteiger partial charge in [-0.15, -0.1) is 0 Å². The van der Waals surface area contributed by atoms with Crippen LogP contribution >= 0.6 is 0 Å².